The SMILES string of the molecule is CCOCn1c(Sc2cccc(Cl)c2)c(C)c(=O)[nH]c1=O. The van der Waals surface area contributed by atoms with Gasteiger partial charge in [0.25, 0.3) is 5.56 Å². The van der Waals surface area contributed by atoms with Crippen LogP contribution in [0.2, 0.25) is 5.02 Å². The van der Waals surface area contributed by atoms with Crippen molar-refractivity contribution in [2.75, 3.05) is 6.61 Å². The summed E-state index contributed by atoms with van der Waals surface area (Å²) in [5, 5.41) is 1.15. The number of aromatic amines is 1. The highest BCUT2D eigenvalue weighted by Crippen LogP contribution is 2.29. The molecule has 0 saturated heterocycles. The minimum Gasteiger partial charge on any atom is -0.361 e. The summed E-state index contributed by atoms with van der Waals surface area (Å²) in [5.74, 6) is 0. The summed E-state index contributed by atoms with van der Waals surface area (Å²) in [6.07, 6.45) is 0. The number of hydrogen-bond donors (Lipinski definition) is 1. The van der Waals surface area contributed by atoms with Crippen molar-refractivity contribution in [1.82, 2.24) is 9.55 Å². The van der Waals surface area contributed by atoms with Crippen LogP contribution in [0.5, 0.6) is 0 Å². The molecule has 0 bridgehead atoms. The van der Waals surface area contributed by atoms with Crippen LogP contribution in [0, 0.1) is 6.92 Å². The lowest BCUT2D eigenvalue weighted by molar-refractivity contribution is 0.0780. The number of aromatic nitrogens is 2. The molecule has 1 N–H and O–H groups in total. The summed E-state index contributed by atoms with van der Waals surface area (Å²) in [6, 6.07) is 7.23. The zero-order chi connectivity index (χ0) is 15.4. The minimum absolute atomic E-state index is 0.0931. The van der Waals surface area contributed by atoms with Gasteiger partial charge in [0.05, 0.1) is 5.03 Å². The molecule has 0 aliphatic heterocycles. The van der Waals surface area contributed by atoms with Gasteiger partial charge < -0.3 is 4.74 Å². The number of H-pyrrole nitrogens is 1. The van der Waals surface area contributed by atoms with Crippen LogP contribution in [0.4, 0.5) is 0 Å². The quantitative estimate of drug-likeness (QED) is 0.858. The van der Waals surface area contributed by atoms with Gasteiger partial charge in [-0.1, -0.05) is 29.4 Å². The number of halogens is 1. The van der Waals surface area contributed by atoms with Crippen molar-refractivity contribution >= 4 is 23.4 Å². The summed E-state index contributed by atoms with van der Waals surface area (Å²) >= 11 is 7.27. The maximum atomic E-state index is 12.0. The molecule has 0 fully saturated rings. The van der Waals surface area contributed by atoms with Gasteiger partial charge in [-0.25, -0.2) is 4.79 Å². The van der Waals surface area contributed by atoms with Crippen molar-refractivity contribution in [3.8, 4) is 0 Å². The molecule has 0 saturated carbocycles. The van der Waals surface area contributed by atoms with Crippen LogP contribution in [0.3, 0.4) is 0 Å². The molecule has 1 aromatic carbocycles. The standard InChI is InChI=1S/C14H15ClN2O3S/c1-3-20-8-17-13(9(2)12(18)16-14(17)19)21-11-6-4-5-10(15)7-11/h4-7H,3,8H2,1-2H3,(H,16,18,19). The molecule has 0 amide bonds. The Kier molecular flexibility index (Phi) is 5.27. The molecule has 0 aliphatic carbocycles. The van der Waals surface area contributed by atoms with E-state index in [1.54, 1.807) is 19.1 Å². The average Bonchev–Trinajstić information content (AvgIpc) is 2.44. The minimum atomic E-state index is -0.483. The summed E-state index contributed by atoms with van der Waals surface area (Å²) in [6.45, 7) is 4.09. The van der Waals surface area contributed by atoms with Crippen LogP contribution in [0.25, 0.3) is 0 Å². The first-order valence-electron chi connectivity index (χ1n) is 6.37. The first kappa shape index (κ1) is 15.9. The second kappa shape index (κ2) is 6.98. The fraction of sp³-hybridized carbons (Fsp3) is 0.286. The Bertz CT molecular complexity index is 755. The fourth-order valence-corrected chi connectivity index (χ4v) is 3.03. The van der Waals surface area contributed by atoms with E-state index in [2.05, 4.69) is 4.98 Å². The van der Waals surface area contributed by atoms with E-state index in [-0.39, 0.29) is 6.73 Å². The van der Waals surface area contributed by atoms with Crippen molar-refractivity contribution in [2.24, 2.45) is 0 Å². The Morgan fingerprint density at radius 1 is 1.38 bits per heavy atom. The molecule has 112 valence electrons. The van der Waals surface area contributed by atoms with Crippen LogP contribution in [-0.2, 0) is 11.5 Å². The molecule has 2 rings (SSSR count). The van der Waals surface area contributed by atoms with E-state index in [0.29, 0.717) is 22.2 Å². The highest BCUT2D eigenvalue weighted by atomic mass is 35.5. The molecule has 0 atom stereocenters. The summed E-state index contributed by atoms with van der Waals surface area (Å²) in [4.78, 5) is 26.9. The van der Waals surface area contributed by atoms with Crippen LogP contribution in [0.15, 0.2) is 43.8 Å². The highest BCUT2D eigenvalue weighted by molar-refractivity contribution is 7.99. The monoisotopic (exact) mass is 326 g/mol. The third kappa shape index (κ3) is 3.78. The zero-order valence-electron chi connectivity index (χ0n) is 11.7. The van der Waals surface area contributed by atoms with E-state index in [1.165, 1.54) is 16.3 Å². The summed E-state index contributed by atoms with van der Waals surface area (Å²) < 4.78 is 6.71. The topological polar surface area (TPSA) is 64.1 Å². The molecule has 0 radical (unpaired) electrons. The first-order valence-corrected chi connectivity index (χ1v) is 7.57. The molecule has 1 aromatic heterocycles. The number of rotatable bonds is 5. The number of nitrogens with zero attached hydrogens (tertiary/aromatic N) is 1. The van der Waals surface area contributed by atoms with Crippen LogP contribution in [0.1, 0.15) is 12.5 Å². The van der Waals surface area contributed by atoms with Gasteiger partial charge in [-0.15, -0.1) is 0 Å². The van der Waals surface area contributed by atoms with E-state index < -0.39 is 11.2 Å². The fourth-order valence-electron chi connectivity index (χ4n) is 1.72. The van der Waals surface area contributed by atoms with Gasteiger partial charge >= 0.3 is 5.69 Å². The van der Waals surface area contributed by atoms with Gasteiger partial charge in [-0.05, 0) is 32.0 Å². The highest BCUT2D eigenvalue weighted by Gasteiger charge is 2.13. The van der Waals surface area contributed by atoms with Gasteiger partial charge in [-0.2, -0.15) is 0 Å². The van der Waals surface area contributed by atoms with Crippen LogP contribution < -0.4 is 11.2 Å². The molecule has 0 aliphatic rings. The van der Waals surface area contributed by atoms with Gasteiger partial charge in [-0.3, -0.25) is 14.3 Å². The second-order valence-corrected chi connectivity index (χ2v) is 5.80. The van der Waals surface area contributed by atoms with E-state index in [4.69, 9.17) is 16.3 Å². The van der Waals surface area contributed by atoms with E-state index in [0.717, 1.165) is 4.90 Å². The predicted octanol–water partition coefficient (Wildman–Crippen LogP) is 2.64. The van der Waals surface area contributed by atoms with E-state index in [9.17, 15) is 9.59 Å². The maximum Gasteiger partial charge on any atom is 0.331 e. The predicted molar refractivity (Wildman–Crippen MR) is 83.3 cm³/mol. The van der Waals surface area contributed by atoms with Crippen molar-refractivity contribution in [2.45, 2.75) is 30.5 Å². The Balaban J connectivity index is 2.49. The van der Waals surface area contributed by atoms with Crippen LogP contribution in [-0.4, -0.2) is 16.2 Å². The van der Waals surface area contributed by atoms with Crippen molar-refractivity contribution in [1.29, 1.82) is 0 Å². The Hall–Kier alpha value is -1.50. The molecule has 21 heavy (non-hydrogen) atoms. The molecule has 7 heteroatoms. The molecular weight excluding hydrogens is 312 g/mol. The number of nitrogens with one attached hydrogen (secondary N) is 1. The summed E-state index contributed by atoms with van der Waals surface area (Å²) in [5.41, 5.74) is -0.403. The van der Waals surface area contributed by atoms with Gasteiger partial charge in [0, 0.05) is 22.1 Å². The Morgan fingerprint density at radius 2 is 2.14 bits per heavy atom. The first-order chi connectivity index (χ1) is 10.0. The second-order valence-electron chi connectivity index (χ2n) is 4.30. The molecule has 2 aromatic rings. The number of hydrogen-bond acceptors (Lipinski definition) is 4. The molecule has 1 heterocycles. The Morgan fingerprint density at radius 3 is 2.81 bits per heavy atom. The zero-order valence-corrected chi connectivity index (χ0v) is 13.3. The lowest BCUT2D eigenvalue weighted by Crippen LogP contribution is -2.33. The largest absolute Gasteiger partial charge is 0.361 e. The van der Waals surface area contributed by atoms with Gasteiger partial charge in [0.15, 0.2) is 0 Å². The van der Waals surface area contributed by atoms with Gasteiger partial charge in [0.1, 0.15) is 6.73 Å². The third-order valence-electron chi connectivity index (χ3n) is 2.81. The molecule has 5 nitrogen and oxygen atoms in total. The van der Waals surface area contributed by atoms with Crippen LogP contribution >= 0.6 is 23.4 Å². The molecule has 0 spiro atoms. The number of ether oxygens (including phenoxy) is 1. The smallest absolute Gasteiger partial charge is 0.331 e. The normalized spacial score (nSPS) is 10.8. The molecule has 0 unspecified atom stereocenters. The maximum absolute atomic E-state index is 12.0. The summed E-state index contributed by atoms with van der Waals surface area (Å²) in [7, 11) is 0. The van der Waals surface area contributed by atoms with E-state index in [1.807, 2.05) is 19.1 Å². The van der Waals surface area contributed by atoms with Crippen molar-refractivity contribution < 1.29 is 4.74 Å². The van der Waals surface area contributed by atoms with Crippen molar-refractivity contribution in [3.63, 3.8) is 0 Å². The van der Waals surface area contributed by atoms with Gasteiger partial charge in [0.2, 0.25) is 0 Å². The molecular formula is C14H15ClN2O3S. The average molecular weight is 327 g/mol. The lowest BCUT2D eigenvalue weighted by atomic mass is 10.4. The lowest BCUT2D eigenvalue weighted by Gasteiger charge is -2.13. The van der Waals surface area contributed by atoms with Crippen molar-refractivity contribution in [3.05, 3.63) is 55.7 Å². The number of benzene rings is 1. The third-order valence-corrected chi connectivity index (χ3v) is 4.25. The Labute approximate surface area is 130 Å². The van der Waals surface area contributed by atoms with E-state index >= 15 is 0 Å².